The Bertz CT molecular complexity index is 691. The van der Waals surface area contributed by atoms with E-state index in [0.717, 1.165) is 45.3 Å². The number of H-pyrrole nitrogens is 1. The number of nitrogens with zero attached hydrogens (tertiary/aromatic N) is 2. The molecule has 1 aliphatic heterocycles. The maximum atomic E-state index is 14.0. The molecular weight excluding hydrogens is 296 g/mol. The summed E-state index contributed by atoms with van der Waals surface area (Å²) in [6, 6.07) is 2.63. The van der Waals surface area contributed by atoms with Crippen molar-refractivity contribution in [3.05, 3.63) is 28.5 Å². The molecule has 21 heavy (non-hydrogen) atoms. The monoisotopic (exact) mass is 313 g/mol. The van der Waals surface area contributed by atoms with Crippen molar-refractivity contribution in [2.75, 3.05) is 32.8 Å². The highest BCUT2D eigenvalue weighted by atomic mass is 32.1. The number of nitrogens with one attached hydrogen (secondary N) is 1. The van der Waals surface area contributed by atoms with Crippen LogP contribution >= 0.6 is 12.2 Å². The zero-order valence-electron chi connectivity index (χ0n) is 11.6. The van der Waals surface area contributed by atoms with Crippen LogP contribution in [0.15, 0.2) is 12.1 Å². The number of rotatable bonds is 4. The van der Waals surface area contributed by atoms with Crippen molar-refractivity contribution in [1.82, 2.24) is 14.5 Å². The first kappa shape index (κ1) is 14.6. The minimum Gasteiger partial charge on any atom is -0.379 e. The van der Waals surface area contributed by atoms with Crippen LogP contribution in [-0.4, -0.2) is 47.3 Å². The number of fused-ring (bicyclic) bond motifs is 1. The second-order valence-electron chi connectivity index (χ2n) is 5.15. The predicted octanol–water partition coefficient (Wildman–Crippen LogP) is 2.70. The van der Waals surface area contributed by atoms with Gasteiger partial charge in [-0.2, -0.15) is 0 Å². The van der Waals surface area contributed by atoms with Crippen molar-refractivity contribution in [3.8, 4) is 0 Å². The van der Waals surface area contributed by atoms with Crippen LogP contribution in [0.5, 0.6) is 0 Å². The van der Waals surface area contributed by atoms with Crippen molar-refractivity contribution in [1.29, 1.82) is 0 Å². The molecule has 1 aromatic heterocycles. The van der Waals surface area contributed by atoms with Crippen molar-refractivity contribution in [3.63, 3.8) is 0 Å². The lowest BCUT2D eigenvalue weighted by atomic mass is 10.3. The van der Waals surface area contributed by atoms with Crippen LogP contribution < -0.4 is 0 Å². The maximum Gasteiger partial charge on any atom is 0.184 e. The van der Waals surface area contributed by atoms with E-state index in [4.69, 9.17) is 17.0 Å². The summed E-state index contributed by atoms with van der Waals surface area (Å²) in [4.78, 5) is 5.23. The van der Waals surface area contributed by atoms with Gasteiger partial charge in [-0.15, -0.1) is 0 Å². The van der Waals surface area contributed by atoms with Gasteiger partial charge in [-0.1, -0.05) is 0 Å². The lowest BCUT2D eigenvalue weighted by Gasteiger charge is -2.26. The Hall–Kier alpha value is -1.31. The Morgan fingerprint density at radius 2 is 1.95 bits per heavy atom. The Labute approximate surface area is 126 Å². The number of halogens is 2. The van der Waals surface area contributed by atoms with Crippen LogP contribution in [0.25, 0.3) is 11.0 Å². The largest absolute Gasteiger partial charge is 0.379 e. The highest BCUT2D eigenvalue weighted by molar-refractivity contribution is 7.71. The summed E-state index contributed by atoms with van der Waals surface area (Å²) in [6.07, 6.45) is 0.831. The Kier molecular flexibility index (Phi) is 4.32. The number of aromatic amines is 1. The first-order chi connectivity index (χ1) is 10.2. The van der Waals surface area contributed by atoms with Crippen molar-refractivity contribution >= 4 is 23.3 Å². The minimum atomic E-state index is -0.849. The van der Waals surface area contributed by atoms with Gasteiger partial charge >= 0.3 is 0 Å². The van der Waals surface area contributed by atoms with E-state index in [1.807, 2.05) is 0 Å². The normalized spacial score (nSPS) is 16.7. The summed E-state index contributed by atoms with van der Waals surface area (Å²) < 4.78 is 34.7. The molecule has 0 aliphatic carbocycles. The van der Waals surface area contributed by atoms with E-state index in [-0.39, 0.29) is 5.52 Å². The number of ether oxygens (including phenoxy) is 1. The van der Waals surface area contributed by atoms with Gasteiger partial charge in [0.05, 0.1) is 18.7 Å². The molecule has 3 rings (SSSR count). The summed E-state index contributed by atoms with van der Waals surface area (Å²) >= 11 is 5.21. The molecule has 0 radical (unpaired) electrons. The Morgan fingerprint density at radius 3 is 2.71 bits per heavy atom. The van der Waals surface area contributed by atoms with Gasteiger partial charge in [0.1, 0.15) is 5.52 Å². The van der Waals surface area contributed by atoms with Crippen molar-refractivity contribution in [2.45, 2.75) is 13.0 Å². The molecule has 0 bridgehead atoms. The molecule has 1 N–H and O–H groups in total. The molecule has 0 amide bonds. The fraction of sp³-hybridized carbons (Fsp3) is 0.500. The number of imidazole rings is 1. The first-order valence-corrected chi connectivity index (χ1v) is 7.44. The van der Waals surface area contributed by atoms with E-state index < -0.39 is 11.6 Å². The molecule has 0 atom stereocenters. The van der Waals surface area contributed by atoms with Gasteiger partial charge in [-0.3, -0.25) is 4.90 Å². The minimum absolute atomic E-state index is 0.224. The van der Waals surface area contributed by atoms with E-state index in [2.05, 4.69) is 9.88 Å². The fourth-order valence-electron chi connectivity index (χ4n) is 2.68. The molecule has 114 valence electrons. The SMILES string of the molecule is Fc1ccc2[nH]c(=S)n(CCCN3CCOCC3)c2c1F. The van der Waals surface area contributed by atoms with E-state index in [9.17, 15) is 8.78 Å². The molecule has 4 nitrogen and oxygen atoms in total. The molecule has 1 aliphatic rings. The van der Waals surface area contributed by atoms with Gasteiger partial charge in [0, 0.05) is 26.2 Å². The second-order valence-corrected chi connectivity index (χ2v) is 5.53. The van der Waals surface area contributed by atoms with Crippen LogP contribution in [-0.2, 0) is 11.3 Å². The van der Waals surface area contributed by atoms with Gasteiger partial charge in [0.15, 0.2) is 16.4 Å². The summed E-state index contributed by atoms with van der Waals surface area (Å²) in [5, 5.41) is 0. The molecule has 2 aromatic rings. The average molecular weight is 313 g/mol. The van der Waals surface area contributed by atoms with Crippen LogP contribution in [0.3, 0.4) is 0 Å². The highest BCUT2D eigenvalue weighted by Gasteiger charge is 2.14. The van der Waals surface area contributed by atoms with Gasteiger partial charge in [0.2, 0.25) is 0 Å². The van der Waals surface area contributed by atoms with Crippen molar-refractivity contribution in [2.24, 2.45) is 0 Å². The molecule has 1 saturated heterocycles. The number of aromatic nitrogens is 2. The third kappa shape index (κ3) is 3.00. The number of morpholine rings is 1. The number of hydrogen-bond donors (Lipinski definition) is 1. The van der Waals surface area contributed by atoms with E-state index >= 15 is 0 Å². The Morgan fingerprint density at radius 1 is 1.19 bits per heavy atom. The molecule has 1 fully saturated rings. The number of hydrogen-bond acceptors (Lipinski definition) is 3. The quantitative estimate of drug-likeness (QED) is 0.881. The summed E-state index contributed by atoms with van der Waals surface area (Å²) in [6.45, 7) is 4.81. The third-order valence-corrected chi connectivity index (χ3v) is 4.11. The summed E-state index contributed by atoms with van der Waals surface area (Å²) in [5.74, 6) is -1.69. The lowest BCUT2D eigenvalue weighted by molar-refractivity contribution is 0.0369. The highest BCUT2D eigenvalue weighted by Crippen LogP contribution is 2.20. The topological polar surface area (TPSA) is 33.2 Å². The standard InChI is InChI=1S/C14H17F2N3OS/c15-10-2-3-11-13(12(10)16)19(14(21)17-11)5-1-4-18-6-8-20-9-7-18/h2-3H,1,4-9H2,(H,17,21). The molecule has 0 saturated carbocycles. The number of benzene rings is 1. The van der Waals surface area contributed by atoms with Crippen LogP contribution in [0.2, 0.25) is 0 Å². The Balaban J connectivity index is 1.75. The second kappa shape index (κ2) is 6.21. The molecule has 0 spiro atoms. The third-order valence-electron chi connectivity index (χ3n) is 3.79. The molecule has 0 unspecified atom stereocenters. The zero-order valence-corrected chi connectivity index (χ0v) is 12.4. The van der Waals surface area contributed by atoms with Crippen LogP contribution in [0, 0.1) is 16.4 Å². The van der Waals surface area contributed by atoms with Gasteiger partial charge in [0.25, 0.3) is 0 Å². The average Bonchev–Trinajstić information content (AvgIpc) is 2.81. The fourth-order valence-corrected chi connectivity index (χ4v) is 2.97. The molecule has 2 heterocycles. The van der Waals surface area contributed by atoms with E-state index in [1.165, 1.54) is 6.07 Å². The smallest absolute Gasteiger partial charge is 0.184 e. The first-order valence-electron chi connectivity index (χ1n) is 7.03. The summed E-state index contributed by atoms with van der Waals surface area (Å²) in [5.41, 5.74) is 0.757. The predicted molar refractivity (Wildman–Crippen MR) is 78.9 cm³/mol. The molecular formula is C14H17F2N3OS. The summed E-state index contributed by atoms with van der Waals surface area (Å²) in [7, 11) is 0. The van der Waals surface area contributed by atoms with Crippen LogP contribution in [0.1, 0.15) is 6.42 Å². The van der Waals surface area contributed by atoms with Crippen molar-refractivity contribution < 1.29 is 13.5 Å². The van der Waals surface area contributed by atoms with E-state index in [0.29, 0.717) is 16.8 Å². The van der Waals surface area contributed by atoms with Crippen LogP contribution in [0.4, 0.5) is 8.78 Å². The van der Waals surface area contributed by atoms with Gasteiger partial charge < -0.3 is 14.3 Å². The molecule has 7 heteroatoms. The van der Waals surface area contributed by atoms with E-state index in [1.54, 1.807) is 4.57 Å². The van der Waals surface area contributed by atoms with Gasteiger partial charge in [-0.05, 0) is 30.8 Å². The van der Waals surface area contributed by atoms with Gasteiger partial charge in [-0.25, -0.2) is 8.78 Å². The number of aryl methyl sites for hydroxylation is 1. The zero-order chi connectivity index (χ0) is 14.8. The molecule has 1 aromatic carbocycles. The lowest BCUT2D eigenvalue weighted by Crippen LogP contribution is -2.37. The maximum absolute atomic E-state index is 14.0.